The van der Waals surface area contributed by atoms with E-state index in [-0.39, 0.29) is 11.7 Å². The highest BCUT2D eigenvalue weighted by Gasteiger charge is 2.10. The van der Waals surface area contributed by atoms with E-state index >= 15 is 0 Å². The van der Waals surface area contributed by atoms with E-state index in [4.69, 9.17) is 16.3 Å². The van der Waals surface area contributed by atoms with Gasteiger partial charge in [0.15, 0.2) is 4.80 Å². The van der Waals surface area contributed by atoms with E-state index in [0.717, 1.165) is 10.2 Å². The molecule has 0 radical (unpaired) electrons. The van der Waals surface area contributed by atoms with Crippen LogP contribution in [0.2, 0.25) is 5.02 Å². The molecule has 4 nitrogen and oxygen atoms in total. The zero-order valence-corrected chi connectivity index (χ0v) is 15.1. The van der Waals surface area contributed by atoms with Crippen LogP contribution in [-0.2, 0) is 11.3 Å². The monoisotopic (exact) mass is 378 g/mol. The number of amides is 1. The Balaban J connectivity index is 2.06. The molecule has 0 spiro atoms. The molecule has 7 heteroatoms. The summed E-state index contributed by atoms with van der Waals surface area (Å²) in [6, 6.07) is 11.2. The zero-order chi connectivity index (χ0) is 17.8. The highest BCUT2D eigenvalue weighted by atomic mass is 35.5. The minimum absolute atomic E-state index is 0.321. The van der Waals surface area contributed by atoms with Gasteiger partial charge in [0.2, 0.25) is 0 Å². The average molecular weight is 379 g/mol. The van der Waals surface area contributed by atoms with Crippen molar-refractivity contribution in [3.05, 3.63) is 63.7 Å². The van der Waals surface area contributed by atoms with Crippen molar-refractivity contribution in [3.8, 4) is 0 Å². The van der Waals surface area contributed by atoms with Crippen molar-refractivity contribution in [3.63, 3.8) is 0 Å². The van der Waals surface area contributed by atoms with Crippen LogP contribution in [0.15, 0.2) is 47.5 Å². The number of benzene rings is 2. The summed E-state index contributed by atoms with van der Waals surface area (Å²) in [5.41, 5.74) is 1.23. The van der Waals surface area contributed by atoms with Crippen LogP contribution >= 0.6 is 22.9 Å². The van der Waals surface area contributed by atoms with Gasteiger partial charge in [0.25, 0.3) is 5.91 Å². The van der Waals surface area contributed by atoms with Crippen LogP contribution < -0.4 is 4.80 Å². The summed E-state index contributed by atoms with van der Waals surface area (Å²) in [7, 11) is 0. The summed E-state index contributed by atoms with van der Waals surface area (Å²) < 4.78 is 21.5. The van der Waals surface area contributed by atoms with E-state index in [1.165, 1.54) is 23.5 Å². The third-order valence-corrected chi connectivity index (χ3v) is 4.85. The number of nitrogens with zero attached hydrogens (tertiary/aromatic N) is 2. The summed E-state index contributed by atoms with van der Waals surface area (Å²) in [5, 5.41) is 0.476. The molecular formula is C18H16ClFN2O2S. The number of rotatable bonds is 5. The molecule has 0 unspecified atom stereocenters. The quantitative estimate of drug-likeness (QED) is 0.622. The highest BCUT2D eigenvalue weighted by molar-refractivity contribution is 7.16. The molecule has 0 fully saturated rings. The Morgan fingerprint density at radius 2 is 2.16 bits per heavy atom. The fraction of sp³-hybridized carbons (Fsp3) is 0.222. The Kier molecular flexibility index (Phi) is 5.63. The molecule has 3 rings (SSSR count). The Morgan fingerprint density at radius 3 is 2.92 bits per heavy atom. The number of carbonyl (C=O) groups excluding carboxylic acids is 1. The molecule has 0 saturated carbocycles. The van der Waals surface area contributed by atoms with Crippen molar-refractivity contribution in [1.82, 2.24) is 4.57 Å². The van der Waals surface area contributed by atoms with Crippen LogP contribution in [0, 0.1) is 5.82 Å². The van der Waals surface area contributed by atoms with Gasteiger partial charge in [-0.15, -0.1) is 0 Å². The van der Waals surface area contributed by atoms with Gasteiger partial charge in [-0.05, 0) is 43.3 Å². The van der Waals surface area contributed by atoms with E-state index in [1.54, 1.807) is 30.3 Å². The van der Waals surface area contributed by atoms with Gasteiger partial charge in [-0.2, -0.15) is 4.99 Å². The highest BCUT2D eigenvalue weighted by Crippen LogP contribution is 2.19. The van der Waals surface area contributed by atoms with Crippen molar-refractivity contribution in [2.24, 2.45) is 4.99 Å². The van der Waals surface area contributed by atoms with Gasteiger partial charge in [-0.3, -0.25) is 4.79 Å². The van der Waals surface area contributed by atoms with Crippen LogP contribution in [0.3, 0.4) is 0 Å². The molecule has 25 heavy (non-hydrogen) atoms. The van der Waals surface area contributed by atoms with Gasteiger partial charge < -0.3 is 9.30 Å². The molecule has 0 bridgehead atoms. The maximum atomic E-state index is 13.5. The van der Waals surface area contributed by atoms with Crippen molar-refractivity contribution in [1.29, 1.82) is 0 Å². The molecule has 0 aliphatic heterocycles. The standard InChI is InChI=1S/C18H16ClFN2O2S/c1-2-24-9-8-22-15-7-6-14(20)11-16(15)25-18(22)21-17(23)12-4-3-5-13(19)10-12/h3-7,10-11H,2,8-9H2,1H3. The number of ether oxygens (including phenoxy) is 1. The third kappa shape index (κ3) is 4.15. The SMILES string of the molecule is CCOCCn1c(=NC(=O)c2cccc(Cl)c2)sc2cc(F)ccc21. The van der Waals surface area contributed by atoms with Crippen LogP contribution in [0.5, 0.6) is 0 Å². The number of aromatic nitrogens is 1. The van der Waals surface area contributed by atoms with Crippen molar-refractivity contribution < 1.29 is 13.9 Å². The number of hydrogen-bond acceptors (Lipinski definition) is 3. The van der Waals surface area contributed by atoms with Crippen molar-refractivity contribution in [2.75, 3.05) is 13.2 Å². The fourth-order valence-electron chi connectivity index (χ4n) is 2.42. The van der Waals surface area contributed by atoms with Crippen LogP contribution in [-0.4, -0.2) is 23.7 Å². The fourth-order valence-corrected chi connectivity index (χ4v) is 3.69. The number of hydrogen-bond donors (Lipinski definition) is 0. The maximum absolute atomic E-state index is 13.5. The second kappa shape index (κ2) is 7.91. The third-order valence-electron chi connectivity index (χ3n) is 3.58. The predicted octanol–water partition coefficient (Wildman–Crippen LogP) is 4.27. The second-order valence-electron chi connectivity index (χ2n) is 5.27. The second-order valence-corrected chi connectivity index (χ2v) is 6.72. The molecule has 0 saturated heterocycles. The van der Waals surface area contributed by atoms with E-state index in [9.17, 15) is 9.18 Å². The first-order valence-corrected chi connectivity index (χ1v) is 8.99. The van der Waals surface area contributed by atoms with Crippen LogP contribution in [0.1, 0.15) is 17.3 Å². The lowest BCUT2D eigenvalue weighted by atomic mass is 10.2. The van der Waals surface area contributed by atoms with Gasteiger partial charge >= 0.3 is 0 Å². The van der Waals surface area contributed by atoms with Gasteiger partial charge in [0.1, 0.15) is 5.82 Å². The Hall–Kier alpha value is -2.02. The Bertz CT molecular complexity index is 981. The number of carbonyl (C=O) groups is 1. The molecule has 0 aliphatic carbocycles. The first-order valence-electron chi connectivity index (χ1n) is 7.79. The summed E-state index contributed by atoms with van der Waals surface area (Å²) in [5.74, 6) is -0.710. The van der Waals surface area contributed by atoms with Gasteiger partial charge in [-0.25, -0.2) is 4.39 Å². The van der Waals surface area contributed by atoms with E-state index in [1.807, 2.05) is 11.5 Å². The van der Waals surface area contributed by atoms with Crippen LogP contribution in [0.4, 0.5) is 4.39 Å². The molecule has 1 aromatic heterocycles. The van der Waals surface area contributed by atoms with Crippen LogP contribution in [0.25, 0.3) is 10.2 Å². The van der Waals surface area contributed by atoms with Gasteiger partial charge in [0.05, 0.1) is 16.8 Å². The Morgan fingerprint density at radius 1 is 1.32 bits per heavy atom. The maximum Gasteiger partial charge on any atom is 0.279 e. The number of fused-ring (bicyclic) bond motifs is 1. The van der Waals surface area contributed by atoms with Gasteiger partial charge in [-0.1, -0.05) is 29.0 Å². The number of thiazole rings is 1. The number of halogens is 2. The molecule has 130 valence electrons. The Labute approximate surface area is 153 Å². The van der Waals surface area contributed by atoms with E-state index < -0.39 is 0 Å². The zero-order valence-electron chi connectivity index (χ0n) is 13.5. The minimum Gasteiger partial charge on any atom is -0.380 e. The van der Waals surface area contributed by atoms with Crippen molar-refractivity contribution in [2.45, 2.75) is 13.5 Å². The molecule has 0 aliphatic rings. The normalized spacial score (nSPS) is 12.0. The first kappa shape index (κ1) is 17.8. The minimum atomic E-state index is -0.389. The lowest BCUT2D eigenvalue weighted by Crippen LogP contribution is -2.19. The average Bonchev–Trinajstić information content (AvgIpc) is 2.91. The van der Waals surface area contributed by atoms with Crippen molar-refractivity contribution >= 4 is 39.1 Å². The summed E-state index contributed by atoms with van der Waals surface area (Å²) in [4.78, 5) is 17.2. The van der Waals surface area contributed by atoms with E-state index in [2.05, 4.69) is 4.99 Å². The summed E-state index contributed by atoms with van der Waals surface area (Å²) in [6.07, 6.45) is 0. The van der Waals surface area contributed by atoms with Gasteiger partial charge in [0, 0.05) is 23.7 Å². The smallest absolute Gasteiger partial charge is 0.279 e. The summed E-state index contributed by atoms with van der Waals surface area (Å²) in [6.45, 7) is 3.53. The lowest BCUT2D eigenvalue weighted by molar-refractivity contribution is 0.0996. The summed E-state index contributed by atoms with van der Waals surface area (Å²) >= 11 is 7.20. The molecule has 2 aromatic carbocycles. The van der Waals surface area contributed by atoms with E-state index in [0.29, 0.717) is 35.1 Å². The largest absolute Gasteiger partial charge is 0.380 e. The molecule has 0 atom stereocenters. The molecule has 0 N–H and O–H groups in total. The molecule has 1 amide bonds. The molecule has 1 heterocycles. The first-order chi connectivity index (χ1) is 12.1. The lowest BCUT2D eigenvalue weighted by Gasteiger charge is -2.05. The predicted molar refractivity (Wildman–Crippen MR) is 97.6 cm³/mol. The molecule has 3 aromatic rings. The topological polar surface area (TPSA) is 43.6 Å². The molecular weight excluding hydrogens is 363 g/mol.